The molecule has 0 N–H and O–H groups in total. The molecule has 1 atom stereocenters. The molecular weight excluding hydrogens is 272 g/mol. The first-order chi connectivity index (χ1) is 10.1. The Kier molecular flexibility index (Phi) is 3.47. The summed E-state index contributed by atoms with van der Waals surface area (Å²) in [4.78, 5) is 39.8. The van der Waals surface area contributed by atoms with Gasteiger partial charge in [-0.3, -0.25) is 19.3 Å². The van der Waals surface area contributed by atoms with Gasteiger partial charge in [0.15, 0.2) is 0 Å². The van der Waals surface area contributed by atoms with Gasteiger partial charge in [-0.05, 0) is 19.1 Å². The van der Waals surface area contributed by atoms with E-state index in [-0.39, 0.29) is 5.91 Å². The van der Waals surface area contributed by atoms with E-state index in [2.05, 4.69) is 0 Å². The van der Waals surface area contributed by atoms with Gasteiger partial charge < -0.3 is 9.64 Å². The van der Waals surface area contributed by atoms with Gasteiger partial charge in [-0.25, -0.2) is 0 Å². The van der Waals surface area contributed by atoms with Crippen LogP contribution in [-0.2, 0) is 9.53 Å². The summed E-state index contributed by atoms with van der Waals surface area (Å²) in [5.74, 6) is -1.01. The molecule has 0 radical (unpaired) electrons. The summed E-state index contributed by atoms with van der Waals surface area (Å²) in [7, 11) is 0. The maximum absolute atomic E-state index is 12.5. The number of carbonyl (C=O) groups is 3. The zero-order valence-electron chi connectivity index (χ0n) is 11.7. The third-order valence-electron chi connectivity index (χ3n) is 3.89. The van der Waals surface area contributed by atoms with Crippen LogP contribution in [0.2, 0.25) is 0 Å². The predicted octanol–water partition coefficient (Wildman–Crippen LogP) is 0.530. The fourth-order valence-electron chi connectivity index (χ4n) is 2.72. The van der Waals surface area contributed by atoms with E-state index in [0.29, 0.717) is 37.4 Å². The van der Waals surface area contributed by atoms with Crippen LogP contribution in [0.15, 0.2) is 24.3 Å². The summed E-state index contributed by atoms with van der Waals surface area (Å²) in [6, 6.07) is 5.85. The van der Waals surface area contributed by atoms with Crippen LogP contribution >= 0.6 is 0 Å². The molecule has 3 amide bonds. The molecular formula is C15H16N2O4. The normalized spacial score (nSPS) is 19.7. The monoisotopic (exact) mass is 288 g/mol. The lowest BCUT2D eigenvalue weighted by Gasteiger charge is -2.31. The van der Waals surface area contributed by atoms with E-state index in [0.717, 1.165) is 4.90 Å². The number of carbonyl (C=O) groups excluding carboxylic acids is 3. The van der Waals surface area contributed by atoms with Crippen LogP contribution in [0.25, 0.3) is 0 Å². The molecule has 0 spiro atoms. The minimum Gasteiger partial charge on any atom is -0.378 e. The first kappa shape index (κ1) is 13.8. The number of rotatable bonds is 2. The van der Waals surface area contributed by atoms with Gasteiger partial charge in [0.25, 0.3) is 11.8 Å². The second-order valence-corrected chi connectivity index (χ2v) is 5.14. The van der Waals surface area contributed by atoms with Crippen LogP contribution in [0.5, 0.6) is 0 Å². The van der Waals surface area contributed by atoms with Crippen molar-refractivity contribution < 1.29 is 19.1 Å². The molecule has 2 aliphatic rings. The van der Waals surface area contributed by atoms with Gasteiger partial charge >= 0.3 is 0 Å². The predicted molar refractivity (Wildman–Crippen MR) is 73.8 cm³/mol. The Balaban J connectivity index is 1.83. The van der Waals surface area contributed by atoms with Crippen LogP contribution in [0, 0.1) is 0 Å². The molecule has 6 heteroatoms. The van der Waals surface area contributed by atoms with Gasteiger partial charge in [0, 0.05) is 13.1 Å². The number of amides is 3. The summed E-state index contributed by atoms with van der Waals surface area (Å²) in [5, 5.41) is 0. The highest BCUT2D eigenvalue weighted by Crippen LogP contribution is 2.25. The van der Waals surface area contributed by atoms with Crippen LogP contribution in [-0.4, -0.2) is 59.9 Å². The minimum absolute atomic E-state index is 0.215. The van der Waals surface area contributed by atoms with Crippen LogP contribution in [0.1, 0.15) is 27.6 Å². The van der Waals surface area contributed by atoms with Crippen LogP contribution < -0.4 is 0 Å². The Morgan fingerprint density at radius 2 is 1.62 bits per heavy atom. The van der Waals surface area contributed by atoms with Gasteiger partial charge in [0.1, 0.15) is 6.04 Å². The number of hydrogen-bond acceptors (Lipinski definition) is 4. The van der Waals surface area contributed by atoms with E-state index >= 15 is 0 Å². The van der Waals surface area contributed by atoms with E-state index in [9.17, 15) is 14.4 Å². The average Bonchev–Trinajstić information content (AvgIpc) is 2.79. The van der Waals surface area contributed by atoms with Gasteiger partial charge in [0.2, 0.25) is 5.91 Å². The molecule has 2 heterocycles. The first-order valence-corrected chi connectivity index (χ1v) is 6.94. The standard InChI is InChI=1S/C15H16N2O4/c1-10(13(18)16-6-8-21-9-7-16)17-14(19)11-4-2-3-5-12(11)15(17)20/h2-5,10H,6-9H2,1H3/t10-/m1/s1. The van der Waals surface area contributed by atoms with E-state index in [4.69, 9.17) is 4.74 Å². The minimum atomic E-state index is -0.796. The highest BCUT2D eigenvalue weighted by molar-refractivity contribution is 6.22. The summed E-state index contributed by atoms with van der Waals surface area (Å²) < 4.78 is 5.21. The van der Waals surface area contributed by atoms with E-state index < -0.39 is 17.9 Å². The smallest absolute Gasteiger partial charge is 0.262 e. The maximum atomic E-state index is 12.5. The molecule has 0 aliphatic carbocycles. The molecule has 0 aromatic heterocycles. The molecule has 1 saturated heterocycles. The van der Waals surface area contributed by atoms with Crippen LogP contribution in [0.4, 0.5) is 0 Å². The molecule has 21 heavy (non-hydrogen) atoms. The lowest BCUT2D eigenvalue weighted by Crippen LogP contribution is -2.52. The van der Waals surface area contributed by atoms with E-state index in [1.54, 1.807) is 36.1 Å². The third-order valence-corrected chi connectivity index (χ3v) is 3.89. The Morgan fingerprint density at radius 1 is 1.10 bits per heavy atom. The molecule has 1 aromatic carbocycles. The summed E-state index contributed by atoms with van der Waals surface area (Å²) >= 11 is 0. The molecule has 3 rings (SSSR count). The zero-order chi connectivity index (χ0) is 15.0. The van der Waals surface area contributed by atoms with Crippen LogP contribution in [0.3, 0.4) is 0 Å². The lowest BCUT2D eigenvalue weighted by molar-refractivity contribution is -0.138. The maximum Gasteiger partial charge on any atom is 0.262 e. The largest absolute Gasteiger partial charge is 0.378 e. The van der Waals surface area contributed by atoms with E-state index in [1.807, 2.05) is 0 Å². The molecule has 1 aromatic rings. The quantitative estimate of drug-likeness (QED) is 0.745. The SMILES string of the molecule is C[C@H](C(=O)N1CCOCC1)N1C(=O)c2ccccc2C1=O. The fourth-order valence-corrected chi connectivity index (χ4v) is 2.72. The summed E-state index contributed by atoms with van der Waals surface area (Å²) in [6.07, 6.45) is 0. The molecule has 110 valence electrons. The van der Waals surface area contributed by atoms with Crippen molar-refractivity contribution in [1.82, 2.24) is 9.80 Å². The molecule has 0 saturated carbocycles. The number of hydrogen-bond donors (Lipinski definition) is 0. The number of nitrogens with zero attached hydrogens (tertiary/aromatic N) is 2. The van der Waals surface area contributed by atoms with Gasteiger partial charge in [-0.2, -0.15) is 0 Å². The highest BCUT2D eigenvalue weighted by atomic mass is 16.5. The van der Waals surface area contributed by atoms with Crippen molar-refractivity contribution in [3.8, 4) is 0 Å². The number of ether oxygens (including phenoxy) is 1. The van der Waals surface area contributed by atoms with Crippen molar-refractivity contribution in [2.75, 3.05) is 26.3 Å². The Morgan fingerprint density at radius 3 is 2.14 bits per heavy atom. The van der Waals surface area contributed by atoms with Gasteiger partial charge in [-0.1, -0.05) is 12.1 Å². The zero-order valence-corrected chi connectivity index (χ0v) is 11.7. The molecule has 0 bridgehead atoms. The molecule has 1 fully saturated rings. The van der Waals surface area contributed by atoms with Crippen molar-refractivity contribution in [2.45, 2.75) is 13.0 Å². The van der Waals surface area contributed by atoms with Crippen molar-refractivity contribution in [3.05, 3.63) is 35.4 Å². The Labute approximate surface area is 122 Å². The summed E-state index contributed by atoms with van der Waals surface area (Å²) in [6.45, 7) is 3.55. The van der Waals surface area contributed by atoms with Gasteiger partial charge in [-0.15, -0.1) is 0 Å². The second-order valence-electron chi connectivity index (χ2n) is 5.14. The second kappa shape index (κ2) is 5.29. The first-order valence-electron chi connectivity index (χ1n) is 6.94. The topological polar surface area (TPSA) is 66.9 Å². The molecule has 2 aliphatic heterocycles. The van der Waals surface area contributed by atoms with Crippen molar-refractivity contribution >= 4 is 17.7 Å². The number of morpholine rings is 1. The number of imide groups is 1. The van der Waals surface area contributed by atoms with Crippen molar-refractivity contribution in [3.63, 3.8) is 0 Å². The Hall–Kier alpha value is -2.21. The highest BCUT2D eigenvalue weighted by Gasteiger charge is 2.41. The van der Waals surface area contributed by atoms with Crippen molar-refractivity contribution in [1.29, 1.82) is 0 Å². The Bertz CT molecular complexity index is 572. The molecule has 6 nitrogen and oxygen atoms in total. The fraction of sp³-hybridized carbons (Fsp3) is 0.400. The molecule has 0 unspecified atom stereocenters. The van der Waals surface area contributed by atoms with Gasteiger partial charge in [0.05, 0.1) is 24.3 Å². The van der Waals surface area contributed by atoms with Crippen molar-refractivity contribution in [2.24, 2.45) is 0 Å². The summed E-state index contributed by atoms with van der Waals surface area (Å²) in [5.41, 5.74) is 0.730. The number of benzene rings is 1. The number of fused-ring (bicyclic) bond motifs is 1. The third kappa shape index (κ3) is 2.21. The lowest BCUT2D eigenvalue weighted by atomic mass is 10.1. The van der Waals surface area contributed by atoms with E-state index in [1.165, 1.54) is 0 Å². The average molecular weight is 288 g/mol.